The number of carbonyl (C=O) groups excluding carboxylic acids is 1. The second-order valence-corrected chi connectivity index (χ2v) is 5.84. The molecule has 19 heavy (non-hydrogen) atoms. The van der Waals surface area contributed by atoms with Crippen molar-refractivity contribution in [3.05, 3.63) is 35.2 Å². The summed E-state index contributed by atoms with van der Waals surface area (Å²) in [6.45, 7) is 3.83. The summed E-state index contributed by atoms with van der Waals surface area (Å²) < 4.78 is 5.92. The normalized spacial score (nSPS) is 14.6. The maximum absolute atomic E-state index is 11.8. The zero-order valence-corrected chi connectivity index (χ0v) is 12.1. The van der Waals surface area contributed by atoms with Crippen LogP contribution in [0.15, 0.2) is 29.6 Å². The highest BCUT2D eigenvalue weighted by molar-refractivity contribution is 7.17. The minimum atomic E-state index is -0.830. The van der Waals surface area contributed by atoms with Crippen molar-refractivity contribution in [1.82, 2.24) is 0 Å². The Bertz CT molecular complexity index is 574. The van der Waals surface area contributed by atoms with E-state index in [1.165, 1.54) is 7.11 Å². The van der Waals surface area contributed by atoms with Crippen molar-refractivity contribution in [3.63, 3.8) is 0 Å². The zero-order valence-electron chi connectivity index (χ0n) is 11.3. The molecule has 0 aliphatic rings. The summed E-state index contributed by atoms with van der Waals surface area (Å²) in [5.41, 5.74) is 0.810. The van der Waals surface area contributed by atoms with Crippen LogP contribution < -0.4 is 0 Å². The van der Waals surface area contributed by atoms with Gasteiger partial charge in [-0.05, 0) is 28.3 Å². The van der Waals surface area contributed by atoms with Crippen LogP contribution in [0.2, 0.25) is 0 Å². The Balaban J connectivity index is 2.41. The minimum Gasteiger partial charge on any atom is -0.469 e. The van der Waals surface area contributed by atoms with Gasteiger partial charge in [0.2, 0.25) is 0 Å². The number of methoxy groups -OCH3 is 1. The Labute approximate surface area is 116 Å². The summed E-state index contributed by atoms with van der Waals surface area (Å²) in [4.78, 5) is 11.8. The summed E-state index contributed by atoms with van der Waals surface area (Å²) in [7, 11) is 1.36. The van der Waals surface area contributed by atoms with Crippen LogP contribution in [-0.2, 0) is 9.53 Å². The molecule has 0 radical (unpaired) electrons. The van der Waals surface area contributed by atoms with Crippen LogP contribution in [0.5, 0.6) is 0 Å². The molecule has 0 fully saturated rings. The van der Waals surface area contributed by atoms with Crippen LogP contribution in [0, 0.1) is 11.8 Å². The van der Waals surface area contributed by atoms with Gasteiger partial charge in [-0.2, -0.15) is 0 Å². The zero-order chi connectivity index (χ0) is 14.0. The Morgan fingerprint density at radius 1 is 1.32 bits per heavy atom. The predicted octanol–water partition coefficient (Wildman–Crippen LogP) is 3.38. The molecule has 2 aromatic rings. The SMILES string of the molecule is COC(=O)C(C(C)C)C(O)c1csc2ccccc12. The Morgan fingerprint density at radius 3 is 2.63 bits per heavy atom. The van der Waals surface area contributed by atoms with Gasteiger partial charge in [-0.25, -0.2) is 0 Å². The van der Waals surface area contributed by atoms with E-state index in [1.54, 1.807) is 11.3 Å². The monoisotopic (exact) mass is 278 g/mol. The molecule has 2 rings (SSSR count). The highest BCUT2D eigenvalue weighted by atomic mass is 32.1. The lowest BCUT2D eigenvalue weighted by Gasteiger charge is -2.23. The van der Waals surface area contributed by atoms with E-state index in [4.69, 9.17) is 4.74 Å². The quantitative estimate of drug-likeness (QED) is 0.872. The van der Waals surface area contributed by atoms with E-state index in [9.17, 15) is 9.90 Å². The number of hydrogen-bond acceptors (Lipinski definition) is 4. The lowest BCUT2D eigenvalue weighted by Crippen LogP contribution is -2.28. The third-order valence-electron chi connectivity index (χ3n) is 3.36. The summed E-state index contributed by atoms with van der Waals surface area (Å²) in [5, 5.41) is 13.5. The summed E-state index contributed by atoms with van der Waals surface area (Å²) in [6.07, 6.45) is -0.830. The Hall–Kier alpha value is -1.39. The third-order valence-corrected chi connectivity index (χ3v) is 4.34. The molecule has 0 amide bonds. The van der Waals surface area contributed by atoms with E-state index in [1.807, 2.05) is 43.5 Å². The molecule has 102 valence electrons. The molecule has 4 heteroatoms. The first-order valence-corrected chi connectivity index (χ1v) is 7.16. The molecule has 1 aromatic heterocycles. The van der Waals surface area contributed by atoms with Crippen molar-refractivity contribution in [1.29, 1.82) is 0 Å². The highest BCUT2D eigenvalue weighted by Crippen LogP contribution is 2.36. The molecule has 0 spiro atoms. The predicted molar refractivity (Wildman–Crippen MR) is 77.1 cm³/mol. The topological polar surface area (TPSA) is 46.5 Å². The lowest BCUT2D eigenvalue weighted by atomic mass is 9.86. The van der Waals surface area contributed by atoms with Crippen molar-refractivity contribution in [2.75, 3.05) is 7.11 Å². The molecule has 0 saturated heterocycles. The standard InChI is InChI=1S/C15H18O3S/c1-9(2)13(15(17)18-3)14(16)11-8-19-12-7-5-4-6-10(11)12/h4-9,13-14,16H,1-3H3. The van der Waals surface area contributed by atoms with Crippen LogP contribution in [0.1, 0.15) is 25.5 Å². The van der Waals surface area contributed by atoms with Gasteiger partial charge in [0.15, 0.2) is 0 Å². The molecule has 2 unspecified atom stereocenters. The smallest absolute Gasteiger partial charge is 0.311 e. The molecule has 1 heterocycles. The number of fused-ring (bicyclic) bond motifs is 1. The van der Waals surface area contributed by atoms with E-state index < -0.39 is 12.0 Å². The lowest BCUT2D eigenvalue weighted by molar-refractivity contribution is -0.151. The summed E-state index contributed by atoms with van der Waals surface area (Å²) >= 11 is 1.58. The van der Waals surface area contributed by atoms with Gasteiger partial charge in [0.25, 0.3) is 0 Å². The van der Waals surface area contributed by atoms with Crippen LogP contribution in [0.25, 0.3) is 10.1 Å². The van der Waals surface area contributed by atoms with Gasteiger partial charge in [-0.3, -0.25) is 4.79 Å². The van der Waals surface area contributed by atoms with Crippen LogP contribution in [0.3, 0.4) is 0 Å². The fourth-order valence-electron chi connectivity index (χ4n) is 2.32. The maximum Gasteiger partial charge on any atom is 0.311 e. The molecular formula is C15H18O3S. The van der Waals surface area contributed by atoms with Crippen molar-refractivity contribution < 1.29 is 14.6 Å². The number of esters is 1. The first kappa shape index (κ1) is 14.0. The van der Waals surface area contributed by atoms with Crippen molar-refractivity contribution in [2.24, 2.45) is 11.8 Å². The molecule has 0 aliphatic carbocycles. The first-order chi connectivity index (χ1) is 9.06. The first-order valence-electron chi connectivity index (χ1n) is 6.28. The average molecular weight is 278 g/mol. The molecule has 0 aliphatic heterocycles. The van der Waals surface area contributed by atoms with Crippen LogP contribution >= 0.6 is 11.3 Å². The number of ether oxygens (including phenoxy) is 1. The van der Waals surface area contributed by atoms with E-state index >= 15 is 0 Å². The second kappa shape index (κ2) is 5.72. The second-order valence-electron chi connectivity index (χ2n) is 4.93. The van der Waals surface area contributed by atoms with Gasteiger partial charge >= 0.3 is 5.97 Å². The number of thiophene rings is 1. The molecule has 1 N–H and O–H groups in total. The van der Waals surface area contributed by atoms with Gasteiger partial charge in [-0.1, -0.05) is 32.0 Å². The van der Waals surface area contributed by atoms with Gasteiger partial charge in [0.05, 0.1) is 19.1 Å². The van der Waals surface area contributed by atoms with E-state index in [2.05, 4.69) is 0 Å². The van der Waals surface area contributed by atoms with Crippen LogP contribution in [-0.4, -0.2) is 18.2 Å². The molecule has 0 bridgehead atoms. The van der Waals surface area contributed by atoms with E-state index in [-0.39, 0.29) is 11.9 Å². The third kappa shape index (κ3) is 2.65. The van der Waals surface area contributed by atoms with Gasteiger partial charge in [-0.15, -0.1) is 11.3 Å². The summed E-state index contributed by atoms with van der Waals surface area (Å²) in [6, 6.07) is 7.89. The molecule has 0 saturated carbocycles. The van der Waals surface area contributed by atoms with Crippen LogP contribution in [0.4, 0.5) is 0 Å². The minimum absolute atomic E-state index is 0.0149. The highest BCUT2D eigenvalue weighted by Gasteiger charge is 2.33. The van der Waals surface area contributed by atoms with Crippen molar-refractivity contribution in [2.45, 2.75) is 20.0 Å². The van der Waals surface area contributed by atoms with Gasteiger partial charge < -0.3 is 9.84 Å². The molecular weight excluding hydrogens is 260 g/mol. The Morgan fingerprint density at radius 2 is 2.00 bits per heavy atom. The van der Waals surface area contributed by atoms with E-state index in [0.717, 1.165) is 15.6 Å². The fraction of sp³-hybridized carbons (Fsp3) is 0.400. The van der Waals surface area contributed by atoms with E-state index in [0.29, 0.717) is 0 Å². The molecule has 2 atom stereocenters. The van der Waals surface area contributed by atoms with Crippen molar-refractivity contribution >= 4 is 27.4 Å². The average Bonchev–Trinajstić information content (AvgIpc) is 2.81. The summed E-state index contributed by atoms with van der Waals surface area (Å²) in [5.74, 6) is -0.887. The van der Waals surface area contributed by atoms with Gasteiger partial charge in [0.1, 0.15) is 0 Å². The number of benzene rings is 1. The Kier molecular flexibility index (Phi) is 4.22. The molecule has 1 aromatic carbocycles. The number of rotatable bonds is 4. The number of hydrogen-bond donors (Lipinski definition) is 1. The van der Waals surface area contributed by atoms with Gasteiger partial charge in [0, 0.05) is 4.70 Å². The molecule has 3 nitrogen and oxygen atoms in total. The number of aliphatic hydroxyl groups excluding tert-OH is 1. The largest absolute Gasteiger partial charge is 0.469 e. The number of aliphatic hydroxyl groups is 1. The fourth-order valence-corrected chi connectivity index (χ4v) is 3.31. The van der Waals surface area contributed by atoms with Crippen molar-refractivity contribution in [3.8, 4) is 0 Å². The maximum atomic E-state index is 11.8. The number of carbonyl (C=O) groups is 1.